The maximum Gasteiger partial charge on any atom is 0.269 e. The zero-order chi connectivity index (χ0) is 18.5. The minimum absolute atomic E-state index is 0.116. The standard InChI is InChI=1S/C19H20BrN3O3/c20-17-6-4-15(5-7-17)13-19(24)22-10-8-21(9-11-22)14-16-2-1-3-18(12-16)23(25)26/h1-7,12H,8-11,13-14H2. The molecule has 0 N–H and O–H groups in total. The van der Waals surface area contributed by atoms with Gasteiger partial charge in [0.25, 0.3) is 5.69 Å². The van der Waals surface area contributed by atoms with Crippen LogP contribution in [0.3, 0.4) is 0 Å². The third-order valence-corrected chi connectivity index (χ3v) is 5.05. The van der Waals surface area contributed by atoms with E-state index < -0.39 is 0 Å². The fourth-order valence-electron chi connectivity index (χ4n) is 3.07. The van der Waals surface area contributed by atoms with Crippen LogP contribution in [-0.4, -0.2) is 46.8 Å². The average molecular weight is 418 g/mol. The number of amides is 1. The number of rotatable bonds is 5. The van der Waals surface area contributed by atoms with E-state index in [4.69, 9.17) is 0 Å². The summed E-state index contributed by atoms with van der Waals surface area (Å²) in [6.45, 7) is 3.58. The summed E-state index contributed by atoms with van der Waals surface area (Å²) in [7, 11) is 0. The Bertz CT molecular complexity index is 787. The molecule has 0 unspecified atom stereocenters. The van der Waals surface area contributed by atoms with Gasteiger partial charge in [0, 0.05) is 49.3 Å². The Morgan fingerprint density at radius 1 is 1.04 bits per heavy atom. The Hall–Kier alpha value is -2.25. The van der Waals surface area contributed by atoms with E-state index in [-0.39, 0.29) is 16.5 Å². The van der Waals surface area contributed by atoms with Gasteiger partial charge < -0.3 is 4.90 Å². The maximum atomic E-state index is 12.5. The largest absolute Gasteiger partial charge is 0.340 e. The third-order valence-electron chi connectivity index (χ3n) is 4.52. The molecule has 2 aromatic carbocycles. The molecule has 136 valence electrons. The molecular weight excluding hydrogens is 398 g/mol. The van der Waals surface area contributed by atoms with E-state index in [0.717, 1.165) is 28.7 Å². The van der Waals surface area contributed by atoms with Gasteiger partial charge in [-0.15, -0.1) is 0 Å². The second-order valence-electron chi connectivity index (χ2n) is 6.39. The van der Waals surface area contributed by atoms with Gasteiger partial charge in [-0.05, 0) is 23.3 Å². The fraction of sp³-hybridized carbons (Fsp3) is 0.316. The number of benzene rings is 2. The molecule has 3 rings (SSSR count). The van der Waals surface area contributed by atoms with E-state index in [1.54, 1.807) is 12.1 Å². The number of halogens is 1. The van der Waals surface area contributed by atoms with Crippen molar-refractivity contribution in [3.63, 3.8) is 0 Å². The smallest absolute Gasteiger partial charge is 0.269 e. The number of non-ortho nitro benzene ring substituents is 1. The Kier molecular flexibility index (Phi) is 6.00. The highest BCUT2D eigenvalue weighted by molar-refractivity contribution is 9.10. The summed E-state index contributed by atoms with van der Waals surface area (Å²) >= 11 is 3.40. The predicted molar refractivity (Wildman–Crippen MR) is 103 cm³/mol. The summed E-state index contributed by atoms with van der Waals surface area (Å²) in [4.78, 5) is 27.1. The second-order valence-corrected chi connectivity index (χ2v) is 7.30. The van der Waals surface area contributed by atoms with Crippen LogP contribution in [0.1, 0.15) is 11.1 Å². The van der Waals surface area contributed by atoms with Crippen LogP contribution in [-0.2, 0) is 17.8 Å². The van der Waals surface area contributed by atoms with Crippen molar-refractivity contribution in [1.29, 1.82) is 0 Å². The zero-order valence-corrected chi connectivity index (χ0v) is 15.9. The number of nitro benzene ring substituents is 1. The molecule has 26 heavy (non-hydrogen) atoms. The number of carbonyl (C=O) groups excluding carboxylic acids is 1. The van der Waals surface area contributed by atoms with E-state index in [1.165, 1.54) is 6.07 Å². The van der Waals surface area contributed by atoms with Crippen molar-refractivity contribution in [1.82, 2.24) is 9.80 Å². The van der Waals surface area contributed by atoms with Gasteiger partial charge in [-0.2, -0.15) is 0 Å². The Morgan fingerprint density at radius 3 is 2.38 bits per heavy atom. The van der Waals surface area contributed by atoms with E-state index in [9.17, 15) is 14.9 Å². The first-order chi connectivity index (χ1) is 12.5. The van der Waals surface area contributed by atoms with E-state index in [1.807, 2.05) is 35.2 Å². The molecule has 1 aliphatic heterocycles. The third kappa shape index (κ3) is 4.89. The van der Waals surface area contributed by atoms with Crippen LogP contribution in [0.2, 0.25) is 0 Å². The van der Waals surface area contributed by atoms with Gasteiger partial charge in [0.05, 0.1) is 11.3 Å². The number of piperazine rings is 1. The molecule has 0 bridgehead atoms. The van der Waals surface area contributed by atoms with Crippen molar-refractivity contribution >= 4 is 27.5 Å². The molecule has 0 spiro atoms. The van der Waals surface area contributed by atoms with Crippen LogP contribution in [0, 0.1) is 10.1 Å². The molecule has 1 aliphatic rings. The number of nitrogens with zero attached hydrogens (tertiary/aromatic N) is 3. The van der Waals surface area contributed by atoms with Gasteiger partial charge in [-0.3, -0.25) is 19.8 Å². The first kappa shape index (κ1) is 18.5. The lowest BCUT2D eigenvalue weighted by Gasteiger charge is -2.34. The lowest BCUT2D eigenvalue weighted by Crippen LogP contribution is -2.48. The molecule has 0 aliphatic carbocycles. The number of hydrogen-bond acceptors (Lipinski definition) is 4. The molecule has 1 saturated heterocycles. The van der Waals surface area contributed by atoms with Gasteiger partial charge in [-0.1, -0.05) is 40.2 Å². The van der Waals surface area contributed by atoms with Gasteiger partial charge in [-0.25, -0.2) is 0 Å². The topological polar surface area (TPSA) is 66.7 Å². The lowest BCUT2D eigenvalue weighted by molar-refractivity contribution is -0.384. The van der Waals surface area contributed by atoms with Crippen molar-refractivity contribution in [3.8, 4) is 0 Å². The Labute approximate surface area is 160 Å². The molecule has 0 saturated carbocycles. The van der Waals surface area contributed by atoms with Crippen molar-refractivity contribution in [2.45, 2.75) is 13.0 Å². The minimum Gasteiger partial charge on any atom is -0.340 e. The molecule has 1 amide bonds. The van der Waals surface area contributed by atoms with Crippen LogP contribution < -0.4 is 0 Å². The summed E-state index contributed by atoms with van der Waals surface area (Å²) in [6, 6.07) is 14.5. The van der Waals surface area contributed by atoms with Crippen LogP contribution in [0.25, 0.3) is 0 Å². The molecule has 0 aromatic heterocycles. The summed E-state index contributed by atoms with van der Waals surface area (Å²) in [5.74, 6) is 0.141. The molecule has 0 atom stereocenters. The quantitative estimate of drug-likeness (QED) is 0.553. The first-order valence-electron chi connectivity index (χ1n) is 8.49. The Morgan fingerprint density at radius 2 is 1.73 bits per heavy atom. The van der Waals surface area contributed by atoms with E-state index in [0.29, 0.717) is 26.1 Å². The molecule has 7 heteroatoms. The predicted octanol–water partition coefficient (Wildman–Crippen LogP) is 3.24. The molecule has 1 heterocycles. The highest BCUT2D eigenvalue weighted by atomic mass is 79.9. The van der Waals surface area contributed by atoms with Crippen molar-refractivity contribution in [2.75, 3.05) is 26.2 Å². The van der Waals surface area contributed by atoms with Gasteiger partial charge in [0.1, 0.15) is 0 Å². The van der Waals surface area contributed by atoms with Crippen molar-refractivity contribution in [3.05, 3.63) is 74.2 Å². The zero-order valence-electron chi connectivity index (χ0n) is 14.3. The minimum atomic E-state index is -0.373. The highest BCUT2D eigenvalue weighted by Gasteiger charge is 2.21. The van der Waals surface area contributed by atoms with Crippen LogP contribution in [0.4, 0.5) is 5.69 Å². The molecule has 2 aromatic rings. The average Bonchev–Trinajstić information content (AvgIpc) is 2.64. The monoisotopic (exact) mass is 417 g/mol. The normalized spacial score (nSPS) is 15.0. The summed E-state index contributed by atoms with van der Waals surface area (Å²) < 4.78 is 1.00. The molecule has 0 radical (unpaired) electrons. The van der Waals surface area contributed by atoms with Crippen molar-refractivity contribution in [2.24, 2.45) is 0 Å². The van der Waals surface area contributed by atoms with Gasteiger partial charge in [0.2, 0.25) is 5.91 Å². The number of hydrogen-bond donors (Lipinski definition) is 0. The highest BCUT2D eigenvalue weighted by Crippen LogP contribution is 2.16. The van der Waals surface area contributed by atoms with Crippen LogP contribution in [0.15, 0.2) is 53.0 Å². The number of nitro groups is 1. The summed E-state index contributed by atoms with van der Waals surface area (Å²) in [5, 5.41) is 10.9. The summed E-state index contributed by atoms with van der Waals surface area (Å²) in [5.41, 5.74) is 2.05. The van der Waals surface area contributed by atoms with E-state index in [2.05, 4.69) is 20.8 Å². The van der Waals surface area contributed by atoms with Gasteiger partial charge in [0.15, 0.2) is 0 Å². The van der Waals surface area contributed by atoms with Crippen LogP contribution >= 0.6 is 15.9 Å². The Balaban J connectivity index is 1.50. The molecular formula is C19H20BrN3O3. The summed E-state index contributed by atoms with van der Waals surface area (Å²) in [6.07, 6.45) is 0.415. The molecule has 6 nitrogen and oxygen atoms in total. The number of carbonyl (C=O) groups is 1. The van der Waals surface area contributed by atoms with E-state index >= 15 is 0 Å². The van der Waals surface area contributed by atoms with Crippen LogP contribution in [0.5, 0.6) is 0 Å². The fourth-order valence-corrected chi connectivity index (χ4v) is 3.33. The maximum absolute atomic E-state index is 12.5. The van der Waals surface area contributed by atoms with Crippen molar-refractivity contribution < 1.29 is 9.72 Å². The molecule has 1 fully saturated rings. The second kappa shape index (κ2) is 8.42. The van der Waals surface area contributed by atoms with Gasteiger partial charge >= 0.3 is 0 Å². The first-order valence-corrected chi connectivity index (χ1v) is 9.28. The lowest BCUT2D eigenvalue weighted by atomic mass is 10.1. The SMILES string of the molecule is O=C(Cc1ccc(Br)cc1)N1CCN(Cc2cccc([N+](=O)[O-])c2)CC1.